The van der Waals surface area contributed by atoms with Crippen molar-refractivity contribution in [1.29, 1.82) is 0 Å². The Hall–Kier alpha value is -2.15. The molecule has 0 aliphatic carbocycles. The van der Waals surface area contributed by atoms with E-state index in [-0.39, 0.29) is 18.6 Å². The summed E-state index contributed by atoms with van der Waals surface area (Å²) < 4.78 is 11.7. The molecule has 0 bridgehead atoms. The highest BCUT2D eigenvalue weighted by atomic mass is 16.5. The first-order chi connectivity index (χ1) is 14.2. The fourth-order valence-corrected chi connectivity index (χ4v) is 4.32. The number of carbonyl (C=O) groups is 1. The number of aliphatic hydroxyl groups excluding tert-OH is 1. The van der Waals surface area contributed by atoms with Gasteiger partial charge in [0.05, 0.1) is 25.8 Å². The molecule has 2 aliphatic heterocycles. The molecule has 2 aromatic rings. The van der Waals surface area contributed by atoms with Gasteiger partial charge in [-0.1, -0.05) is 37.3 Å². The molecule has 2 atom stereocenters. The summed E-state index contributed by atoms with van der Waals surface area (Å²) in [5.41, 5.74) is 0.953. The van der Waals surface area contributed by atoms with Crippen LogP contribution >= 0.6 is 0 Å². The van der Waals surface area contributed by atoms with Crippen LogP contribution in [0.1, 0.15) is 47.7 Å². The summed E-state index contributed by atoms with van der Waals surface area (Å²) in [6.45, 7) is 5.91. The van der Waals surface area contributed by atoms with Crippen molar-refractivity contribution in [2.45, 2.75) is 38.5 Å². The zero-order chi connectivity index (χ0) is 20.2. The third-order valence-electron chi connectivity index (χ3n) is 6.06. The Morgan fingerprint density at radius 3 is 2.59 bits per heavy atom. The smallest absolute Gasteiger partial charge is 0.290 e. The molecule has 1 aromatic heterocycles. The van der Waals surface area contributed by atoms with E-state index >= 15 is 0 Å². The summed E-state index contributed by atoms with van der Waals surface area (Å²) in [6.07, 6.45) is 1.98. The molecular formula is C23H30N2O4. The minimum absolute atomic E-state index is 0.139. The fraction of sp³-hybridized carbons (Fsp3) is 0.522. The first-order valence-corrected chi connectivity index (χ1v) is 10.5. The van der Waals surface area contributed by atoms with E-state index in [4.69, 9.17) is 9.15 Å². The largest absolute Gasteiger partial charge is 0.455 e. The highest BCUT2D eigenvalue weighted by Gasteiger charge is 2.37. The standard InChI is InChI=1S/C23H30N2O4/c1-17-9-11-24(12-10-17)15-19-7-8-20(29-19)23(27)25-13-14-28-21(16-26)22(25)18-5-3-2-4-6-18/h2-8,17,21-22,26H,9-16H2,1H3. The summed E-state index contributed by atoms with van der Waals surface area (Å²) in [5.74, 6) is 1.81. The summed E-state index contributed by atoms with van der Waals surface area (Å²) in [4.78, 5) is 17.4. The van der Waals surface area contributed by atoms with Crippen LogP contribution in [-0.2, 0) is 11.3 Å². The van der Waals surface area contributed by atoms with Crippen molar-refractivity contribution >= 4 is 5.91 Å². The third-order valence-corrected chi connectivity index (χ3v) is 6.06. The maximum Gasteiger partial charge on any atom is 0.290 e. The van der Waals surface area contributed by atoms with Gasteiger partial charge < -0.3 is 19.2 Å². The average Bonchev–Trinajstić information content (AvgIpc) is 3.23. The topological polar surface area (TPSA) is 66.2 Å². The molecular weight excluding hydrogens is 368 g/mol. The lowest BCUT2D eigenvalue weighted by Gasteiger charge is -2.40. The zero-order valence-corrected chi connectivity index (χ0v) is 17.0. The van der Waals surface area contributed by atoms with Gasteiger partial charge in [-0.15, -0.1) is 0 Å². The van der Waals surface area contributed by atoms with Crippen molar-refractivity contribution in [3.05, 3.63) is 59.5 Å². The van der Waals surface area contributed by atoms with Crippen LogP contribution in [0.3, 0.4) is 0 Å². The number of furan rings is 1. The number of hydrogen-bond donors (Lipinski definition) is 1. The van der Waals surface area contributed by atoms with Gasteiger partial charge in [-0.2, -0.15) is 0 Å². The first-order valence-electron chi connectivity index (χ1n) is 10.5. The van der Waals surface area contributed by atoms with E-state index in [1.807, 2.05) is 36.4 Å². The minimum atomic E-state index is -0.445. The second-order valence-corrected chi connectivity index (χ2v) is 8.17. The Morgan fingerprint density at radius 2 is 1.86 bits per heavy atom. The number of amides is 1. The van der Waals surface area contributed by atoms with Crippen LogP contribution in [-0.4, -0.2) is 59.8 Å². The van der Waals surface area contributed by atoms with Gasteiger partial charge >= 0.3 is 0 Å². The van der Waals surface area contributed by atoms with Crippen LogP contribution in [0.4, 0.5) is 0 Å². The monoisotopic (exact) mass is 398 g/mol. The van der Waals surface area contributed by atoms with Crippen molar-refractivity contribution in [1.82, 2.24) is 9.80 Å². The number of morpholine rings is 1. The van der Waals surface area contributed by atoms with E-state index in [0.717, 1.165) is 36.9 Å². The van der Waals surface area contributed by atoms with Gasteiger partial charge in [0.15, 0.2) is 5.76 Å². The molecule has 1 amide bonds. The molecule has 6 nitrogen and oxygen atoms in total. The molecule has 2 aliphatic rings. The molecule has 6 heteroatoms. The molecule has 156 valence electrons. The number of carbonyl (C=O) groups excluding carboxylic acids is 1. The molecule has 1 aromatic carbocycles. The van der Waals surface area contributed by atoms with Gasteiger partial charge in [-0.25, -0.2) is 0 Å². The number of rotatable bonds is 5. The number of ether oxygens (including phenoxy) is 1. The molecule has 2 unspecified atom stereocenters. The number of likely N-dealkylation sites (tertiary alicyclic amines) is 1. The molecule has 0 spiro atoms. The Labute approximate surface area is 172 Å². The van der Waals surface area contributed by atoms with Crippen LogP contribution in [0, 0.1) is 5.92 Å². The molecule has 2 saturated heterocycles. The van der Waals surface area contributed by atoms with Crippen LogP contribution in [0.5, 0.6) is 0 Å². The summed E-state index contributed by atoms with van der Waals surface area (Å²) in [5, 5.41) is 9.81. The number of benzene rings is 1. The lowest BCUT2D eigenvalue weighted by atomic mass is 9.98. The maximum atomic E-state index is 13.3. The molecule has 0 saturated carbocycles. The highest BCUT2D eigenvalue weighted by Crippen LogP contribution is 2.31. The fourth-order valence-electron chi connectivity index (χ4n) is 4.32. The highest BCUT2D eigenvalue weighted by molar-refractivity contribution is 5.92. The molecule has 1 N–H and O–H groups in total. The van der Waals surface area contributed by atoms with Crippen LogP contribution in [0.2, 0.25) is 0 Å². The summed E-state index contributed by atoms with van der Waals surface area (Å²) in [7, 11) is 0. The van der Waals surface area contributed by atoms with Gasteiger partial charge in [0.25, 0.3) is 5.91 Å². The molecule has 4 rings (SSSR count). The van der Waals surface area contributed by atoms with Crippen molar-refractivity contribution in [3.63, 3.8) is 0 Å². The molecule has 29 heavy (non-hydrogen) atoms. The second kappa shape index (κ2) is 9.11. The van der Waals surface area contributed by atoms with Crippen LogP contribution < -0.4 is 0 Å². The van der Waals surface area contributed by atoms with Gasteiger partial charge in [-0.3, -0.25) is 9.69 Å². The number of nitrogens with zero attached hydrogens (tertiary/aromatic N) is 2. The summed E-state index contributed by atoms with van der Waals surface area (Å²) in [6, 6.07) is 13.1. The van der Waals surface area contributed by atoms with Gasteiger partial charge in [0, 0.05) is 6.54 Å². The van der Waals surface area contributed by atoms with E-state index in [1.54, 1.807) is 11.0 Å². The van der Waals surface area contributed by atoms with Crippen LogP contribution in [0.25, 0.3) is 0 Å². The number of piperidine rings is 1. The Kier molecular flexibility index (Phi) is 6.33. The van der Waals surface area contributed by atoms with Gasteiger partial charge in [0.2, 0.25) is 0 Å². The maximum absolute atomic E-state index is 13.3. The lowest BCUT2D eigenvalue weighted by molar-refractivity contribution is -0.0817. The quantitative estimate of drug-likeness (QED) is 0.838. The lowest BCUT2D eigenvalue weighted by Crippen LogP contribution is -2.49. The molecule has 0 radical (unpaired) electrons. The van der Waals surface area contributed by atoms with Crippen LogP contribution in [0.15, 0.2) is 46.9 Å². The van der Waals surface area contributed by atoms with Crippen molar-refractivity contribution < 1.29 is 19.1 Å². The van der Waals surface area contributed by atoms with E-state index in [1.165, 1.54) is 12.8 Å². The minimum Gasteiger partial charge on any atom is -0.455 e. The van der Waals surface area contributed by atoms with Crippen molar-refractivity contribution in [3.8, 4) is 0 Å². The number of hydrogen-bond acceptors (Lipinski definition) is 5. The van der Waals surface area contributed by atoms with Gasteiger partial charge in [0.1, 0.15) is 11.9 Å². The van der Waals surface area contributed by atoms with Gasteiger partial charge in [-0.05, 0) is 49.5 Å². The molecule has 2 fully saturated rings. The molecule has 3 heterocycles. The van der Waals surface area contributed by atoms with E-state index in [0.29, 0.717) is 18.9 Å². The van der Waals surface area contributed by atoms with E-state index in [2.05, 4.69) is 11.8 Å². The Bertz CT molecular complexity index is 798. The second-order valence-electron chi connectivity index (χ2n) is 8.17. The summed E-state index contributed by atoms with van der Waals surface area (Å²) >= 11 is 0. The zero-order valence-electron chi connectivity index (χ0n) is 17.0. The predicted molar refractivity (Wildman–Crippen MR) is 109 cm³/mol. The number of aliphatic hydroxyl groups is 1. The Balaban J connectivity index is 1.49. The average molecular weight is 399 g/mol. The predicted octanol–water partition coefficient (Wildman–Crippen LogP) is 3.09. The normalized spacial score (nSPS) is 24.0. The first kappa shape index (κ1) is 20.1. The van der Waals surface area contributed by atoms with E-state index in [9.17, 15) is 9.90 Å². The van der Waals surface area contributed by atoms with Crippen molar-refractivity contribution in [2.24, 2.45) is 5.92 Å². The SMILES string of the molecule is CC1CCN(Cc2ccc(C(=O)N3CCOC(CO)C3c3ccccc3)o2)CC1. The third kappa shape index (κ3) is 4.55. The van der Waals surface area contributed by atoms with E-state index < -0.39 is 6.10 Å². The van der Waals surface area contributed by atoms with Crippen molar-refractivity contribution in [2.75, 3.05) is 32.8 Å². The Morgan fingerprint density at radius 1 is 1.10 bits per heavy atom.